The third-order valence-electron chi connectivity index (χ3n) is 4.08. The van der Waals surface area contributed by atoms with Crippen LogP contribution in [0.4, 0.5) is 5.13 Å². The van der Waals surface area contributed by atoms with Crippen LogP contribution in [-0.4, -0.2) is 15.9 Å². The van der Waals surface area contributed by atoms with Crippen molar-refractivity contribution in [3.8, 4) is 10.6 Å². The first kappa shape index (κ1) is 16.7. The van der Waals surface area contributed by atoms with Gasteiger partial charge in [0.05, 0.1) is 17.8 Å². The van der Waals surface area contributed by atoms with Crippen LogP contribution in [0.5, 0.6) is 0 Å². The van der Waals surface area contributed by atoms with Crippen LogP contribution in [0.2, 0.25) is 5.02 Å². The molecule has 0 aliphatic heterocycles. The third kappa shape index (κ3) is 3.92. The number of anilines is 1. The topological polar surface area (TPSA) is 54.9 Å². The molecule has 7 heteroatoms. The predicted octanol–water partition coefficient (Wildman–Crippen LogP) is 4.98. The average Bonchev–Trinajstić information content (AvgIpc) is 3.21. The molecule has 1 aromatic carbocycles. The quantitative estimate of drug-likeness (QED) is 0.684. The summed E-state index contributed by atoms with van der Waals surface area (Å²) in [6, 6.07) is 7.56. The minimum atomic E-state index is -0.0703. The first-order chi connectivity index (χ1) is 12.2. The zero-order chi connectivity index (χ0) is 17.2. The van der Waals surface area contributed by atoms with Crippen LogP contribution in [0.1, 0.15) is 29.1 Å². The molecule has 0 spiro atoms. The molecule has 4 rings (SSSR count). The van der Waals surface area contributed by atoms with E-state index in [2.05, 4.69) is 15.3 Å². The van der Waals surface area contributed by atoms with Gasteiger partial charge in [-0.3, -0.25) is 4.79 Å². The van der Waals surface area contributed by atoms with Crippen molar-refractivity contribution in [1.82, 2.24) is 9.97 Å². The highest BCUT2D eigenvalue weighted by Gasteiger charge is 2.17. The van der Waals surface area contributed by atoms with Crippen LogP contribution in [-0.2, 0) is 24.1 Å². The molecule has 1 N–H and O–H groups in total. The molecule has 3 aromatic rings. The Balaban J connectivity index is 1.41. The van der Waals surface area contributed by atoms with Crippen molar-refractivity contribution in [2.45, 2.75) is 32.1 Å². The summed E-state index contributed by atoms with van der Waals surface area (Å²) in [5, 5.41) is 7.15. The number of nitrogens with one attached hydrogen (secondary N) is 1. The second kappa shape index (κ2) is 7.23. The number of benzene rings is 1. The van der Waals surface area contributed by atoms with Crippen molar-refractivity contribution in [3.05, 3.63) is 50.9 Å². The van der Waals surface area contributed by atoms with Gasteiger partial charge in [-0.2, -0.15) is 0 Å². The number of carbonyl (C=O) groups excluding carboxylic acids is 1. The summed E-state index contributed by atoms with van der Waals surface area (Å²) in [4.78, 5) is 22.7. The summed E-state index contributed by atoms with van der Waals surface area (Å²) >= 11 is 9.05. The summed E-state index contributed by atoms with van der Waals surface area (Å²) in [7, 11) is 0. The number of nitrogens with zero attached hydrogens (tertiary/aromatic N) is 2. The van der Waals surface area contributed by atoms with Gasteiger partial charge in [-0.1, -0.05) is 23.7 Å². The monoisotopic (exact) mass is 389 g/mol. The normalized spacial score (nSPS) is 13.5. The van der Waals surface area contributed by atoms with Gasteiger partial charge in [-0.25, -0.2) is 9.97 Å². The van der Waals surface area contributed by atoms with Crippen molar-refractivity contribution in [3.63, 3.8) is 0 Å². The highest BCUT2D eigenvalue weighted by Crippen LogP contribution is 2.30. The Morgan fingerprint density at radius 2 is 1.96 bits per heavy atom. The zero-order valence-electron chi connectivity index (χ0n) is 13.4. The summed E-state index contributed by atoms with van der Waals surface area (Å²) in [6.07, 6.45) is 4.78. The Morgan fingerprint density at radius 1 is 1.16 bits per heavy atom. The van der Waals surface area contributed by atoms with Crippen LogP contribution in [0.3, 0.4) is 0 Å². The number of aryl methyl sites for hydroxylation is 2. The predicted molar refractivity (Wildman–Crippen MR) is 104 cm³/mol. The molecule has 2 aromatic heterocycles. The molecule has 0 saturated heterocycles. The van der Waals surface area contributed by atoms with Gasteiger partial charge in [0, 0.05) is 20.8 Å². The molecule has 0 bridgehead atoms. The molecule has 0 atom stereocenters. The lowest BCUT2D eigenvalue weighted by molar-refractivity contribution is -0.115. The molecule has 128 valence electrons. The first-order valence-electron chi connectivity index (χ1n) is 8.16. The summed E-state index contributed by atoms with van der Waals surface area (Å²) in [5.74, 6) is -0.0703. The minimum Gasteiger partial charge on any atom is -0.302 e. The van der Waals surface area contributed by atoms with Gasteiger partial charge in [0.2, 0.25) is 5.91 Å². The molecule has 0 radical (unpaired) electrons. The number of aromatic nitrogens is 2. The van der Waals surface area contributed by atoms with E-state index in [1.54, 1.807) is 11.3 Å². The van der Waals surface area contributed by atoms with Crippen LogP contribution < -0.4 is 5.32 Å². The molecule has 2 heterocycles. The van der Waals surface area contributed by atoms with Crippen molar-refractivity contribution < 1.29 is 4.79 Å². The highest BCUT2D eigenvalue weighted by atomic mass is 35.5. The molecular weight excluding hydrogens is 374 g/mol. The summed E-state index contributed by atoms with van der Waals surface area (Å²) in [5.41, 5.74) is 2.94. The van der Waals surface area contributed by atoms with Crippen LogP contribution in [0.15, 0.2) is 29.6 Å². The van der Waals surface area contributed by atoms with E-state index in [4.69, 9.17) is 11.6 Å². The Labute approximate surface area is 158 Å². The fourth-order valence-corrected chi connectivity index (χ4v) is 4.86. The first-order valence-corrected chi connectivity index (χ1v) is 10.2. The van der Waals surface area contributed by atoms with Gasteiger partial charge in [-0.05, 0) is 37.8 Å². The van der Waals surface area contributed by atoms with E-state index in [-0.39, 0.29) is 12.3 Å². The molecular formula is C18H16ClN3OS2. The van der Waals surface area contributed by atoms with Crippen molar-refractivity contribution in [1.29, 1.82) is 0 Å². The zero-order valence-corrected chi connectivity index (χ0v) is 15.8. The van der Waals surface area contributed by atoms with Gasteiger partial charge >= 0.3 is 0 Å². The van der Waals surface area contributed by atoms with Gasteiger partial charge in [0.25, 0.3) is 0 Å². The number of rotatable bonds is 4. The lowest BCUT2D eigenvalue weighted by Crippen LogP contribution is -2.14. The lowest BCUT2D eigenvalue weighted by Gasteiger charge is -2.06. The fraction of sp³-hybridized carbons (Fsp3) is 0.278. The number of amides is 1. The molecule has 0 unspecified atom stereocenters. The van der Waals surface area contributed by atoms with E-state index in [9.17, 15) is 4.79 Å². The van der Waals surface area contributed by atoms with Gasteiger partial charge in [0.1, 0.15) is 5.01 Å². The number of halogens is 1. The van der Waals surface area contributed by atoms with Gasteiger partial charge in [0.15, 0.2) is 5.13 Å². The molecule has 4 nitrogen and oxygen atoms in total. The maximum absolute atomic E-state index is 12.3. The fourth-order valence-electron chi connectivity index (χ4n) is 2.85. The smallest absolute Gasteiger partial charge is 0.232 e. The molecule has 0 fully saturated rings. The minimum absolute atomic E-state index is 0.0703. The van der Waals surface area contributed by atoms with Gasteiger partial charge in [-0.15, -0.1) is 22.7 Å². The molecule has 25 heavy (non-hydrogen) atoms. The van der Waals surface area contributed by atoms with Crippen molar-refractivity contribution in [2.75, 3.05) is 5.32 Å². The maximum Gasteiger partial charge on any atom is 0.232 e. The second-order valence-corrected chi connectivity index (χ2v) is 8.35. The second-order valence-electron chi connectivity index (χ2n) is 5.97. The highest BCUT2D eigenvalue weighted by molar-refractivity contribution is 7.16. The summed E-state index contributed by atoms with van der Waals surface area (Å²) in [6.45, 7) is 0. The number of thiazole rings is 2. The number of hydrogen-bond donors (Lipinski definition) is 1. The SMILES string of the molecule is O=C(Cc1csc(-c2ccc(Cl)cc2)n1)Nc1nc2c(s1)CCCC2. The van der Waals surface area contributed by atoms with E-state index < -0.39 is 0 Å². The maximum atomic E-state index is 12.3. The van der Waals surface area contributed by atoms with E-state index in [0.717, 1.165) is 34.8 Å². The molecule has 1 aliphatic carbocycles. The van der Waals surface area contributed by atoms with E-state index >= 15 is 0 Å². The Bertz CT molecular complexity index is 878. The summed E-state index contributed by atoms with van der Waals surface area (Å²) < 4.78 is 0. The van der Waals surface area contributed by atoms with Crippen molar-refractivity contribution in [2.24, 2.45) is 0 Å². The number of hydrogen-bond acceptors (Lipinski definition) is 5. The largest absolute Gasteiger partial charge is 0.302 e. The van der Waals surface area contributed by atoms with E-state index in [1.807, 2.05) is 29.6 Å². The van der Waals surface area contributed by atoms with Crippen LogP contribution in [0, 0.1) is 0 Å². The molecule has 0 saturated carbocycles. The lowest BCUT2D eigenvalue weighted by atomic mass is 10.0. The van der Waals surface area contributed by atoms with Crippen LogP contribution >= 0.6 is 34.3 Å². The van der Waals surface area contributed by atoms with E-state index in [1.165, 1.54) is 29.1 Å². The Morgan fingerprint density at radius 3 is 2.76 bits per heavy atom. The number of fused-ring (bicyclic) bond motifs is 1. The van der Waals surface area contributed by atoms with E-state index in [0.29, 0.717) is 10.2 Å². The standard InChI is InChI=1S/C18H16ClN3OS2/c19-12-7-5-11(6-8-12)17-20-13(10-24-17)9-16(23)22-18-21-14-3-1-2-4-15(14)25-18/h5-8,10H,1-4,9H2,(H,21,22,23). The molecule has 1 amide bonds. The number of carbonyl (C=O) groups is 1. The molecule has 1 aliphatic rings. The average molecular weight is 390 g/mol. The van der Waals surface area contributed by atoms with Crippen molar-refractivity contribution >= 4 is 45.3 Å². The van der Waals surface area contributed by atoms with Gasteiger partial charge < -0.3 is 5.32 Å². The Hall–Kier alpha value is -1.76. The van der Waals surface area contributed by atoms with Crippen LogP contribution in [0.25, 0.3) is 10.6 Å². The Kier molecular flexibility index (Phi) is 4.83. The third-order valence-corrected chi connectivity index (χ3v) is 6.34.